The van der Waals surface area contributed by atoms with E-state index in [1.54, 1.807) is 6.20 Å². The zero-order valence-corrected chi connectivity index (χ0v) is 9.36. The van der Waals surface area contributed by atoms with Gasteiger partial charge in [-0.15, -0.1) is 0 Å². The van der Waals surface area contributed by atoms with Crippen LogP contribution in [0.25, 0.3) is 11.2 Å². The maximum Gasteiger partial charge on any atom is 0.204 e. The van der Waals surface area contributed by atoms with Gasteiger partial charge in [0.05, 0.1) is 5.41 Å². The van der Waals surface area contributed by atoms with Gasteiger partial charge in [0, 0.05) is 12.7 Å². The van der Waals surface area contributed by atoms with Crippen LogP contribution in [0.15, 0.2) is 22.7 Å². The molecule has 16 heavy (non-hydrogen) atoms. The smallest absolute Gasteiger partial charge is 0.204 e. The lowest BCUT2D eigenvalue weighted by atomic mass is 9.84. The van der Waals surface area contributed by atoms with E-state index in [1.165, 1.54) is 0 Å². The molecule has 2 aromatic heterocycles. The first-order valence-electron chi connectivity index (χ1n) is 5.77. The van der Waals surface area contributed by atoms with Crippen molar-refractivity contribution in [2.75, 3.05) is 13.1 Å². The number of pyridine rings is 1. The van der Waals surface area contributed by atoms with Crippen LogP contribution in [0.5, 0.6) is 0 Å². The molecular weight excluding hydrogens is 202 g/mol. The van der Waals surface area contributed by atoms with E-state index in [-0.39, 0.29) is 5.41 Å². The molecule has 3 rings (SSSR count). The van der Waals surface area contributed by atoms with Gasteiger partial charge in [-0.05, 0) is 31.5 Å². The number of fused-ring (bicyclic) bond motifs is 1. The van der Waals surface area contributed by atoms with Crippen molar-refractivity contribution < 1.29 is 4.42 Å². The van der Waals surface area contributed by atoms with Crippen molar-refractivity contribution in [3.63, 3.8) is 0 Å². The number of oxazole rings is 1. The Balaban J connectivity index is 2.10. The minimum Gasteiger partial charge on any atom is -0.438 e. The van der Waals surface area contributed by atoms with E-state index in [1.807, 2.05) is 12.1 Å². The van der Waals surface area contributed by atoms with E-state index in [0.717, 1.165) is 43.1 Å². The van der Waals surface area contributed by atoms with Crippen molar-refractivity contribution >= 4 is 11.2 Å². The van der Waals surface area contributed by atoms with Gasteiger partial charge in [-0.1, -0.05) is 6.92 Å². The van der Waals surface area contributed by atoms with Gasteiger partial charge in [-0.3, -0.25) is 0 Å². The molecule has 4 heteroatoms. The van der Waals surface area contributed by atoms with Gasteiger partial charge in [0.15, 0.2) is 11.2 Å². The number of hydrogen-bond donors (Lipinski definition) is 1. The van der Waals surface area contributed by atoms with Gasteiger partial charge in [0.1, 0.15) is 0 Å². The maximum atomic E-state index is 5.83. The number of nitrogens with zero attached hydrogens (tertiary/aromatic N) is 2. The zero-order chi connectivity index (χ0) is 11.0. The van der Waals surface area contributed by atoms with Gasteiger partial charge < -0.3 is 9.73 Å². The van der Waals surface area contributed by atoms with Gasteiger partial charge >= 0.3 is 0 Å². The highest BCUT2D eigenvalue weighted by Crippen LogP contribution is 2.34. The van der Waals surface area contributed by atoms with E-state index < -0.39 is 0 Å². The molecule has 0 bridgehead atoms. The summed E-state index contributed by atoms with van der Waals surface area (Å²) in [5.74, 6) is 0.841. The van der Waals surface area contributed by atoms with Crippen molar-refractivity contribution in [3.8, 4) is 0 Å². The molecule has 84 valence electrons. The molecule has 4 nitrogen and oxygen atoms in total. The molecule has 1 aliphatic heterocycles. The van der Waals surface area contributed by atoms with Crippen LogP contribution < -0.4 is 5.32 Å². The number of rotatable bonds is 2. The molecule has 1 N–H and O–H groups in total. The van der Waals surface area contributed by atoms with Crippen molar-refractivity contribution in [1.29, 1.82) is 0 Å². The van der Waals surface area contributed by atoms with Gasteiger partial charge in [0.2, 0.25) is 5.89 Å². The number of hydrogen-bond acceptors (Lipinski definition) is 4. The SMILES string of the molecule is CCC1(c2nc3ncccc3o2)CCNC1. The number of aromatic nitrogens is 2. The summed E-state index contributed by atoms with van der Waals surface area (Å²) in [6.07, 6.45) is 3.89. The summed E-state index contributed by atoms with van der Waals surface area (Å²) in [5, 5.41) is 3.39. The van der Waals surface area contributed by atoms with Crippen molar-refractivity contribution in [3.05, 3.63) is 24.2 Å². The Morgan fingerprint density at radius 3 is 3.19 bits per heavy atom. The minimum absolute atomic E-state index is 0.0701. The molecular formula is C12H15N3O. The third kappa shape index (κ3) is 1.33. The Morgan fingerprint density at radius 1 is 1.56 bits per heavy atom. The van der Waals surface area contributed by atoms with Crippen LogP contribution in [-0.2, 0) is 5.41 Å². The molecule has 0 aromatic carbocycles. The summed E-state index contributed by atoms with van der Waals surface area (Å²) in [5.41, 5.74) is 1.58. The van der Waals surface area contributed by atoms with Gasteiger partial charge in [-0.25, -0.2) is 4.98 Å². The summed E-state index contributed by atoms with van der Waals surface area (Å²) in [6, 6.07) is 3.80. The Kier molecular flexibility index (Phi) is 2.17. The van der Waals surface area contributed by atoms with Crippen LogP contribution in [0.1, 0.15) is 25.7 Å². The molecule has 0 aliphatic carbocycles. The van der Waals surface area contributed by atoms with Gasteiger partial charge in [0.25, 0.3) is 0 Å². The van der Waals surface area contributed by atoms with Crippen molar-refractivity contribution in [1.82, 2.24) is 15.3 Å². The molecule has 1 atom stereocenters. The first-order valence-corrected chi connectivity index (χ1v) is 5.77. The van der Waals surface area contributed by atoms with Crippen LogP contribution in [0, 0.1) is 0 Å². The van der Waals surface area contributed by atoms with Crippen molar-refractivity contribution in [2.45, 2.75) is 25.2 Å². The van der Waals surface area contributed by atoms with Crippen LogP contribution in [-0.4, -0.2) is 23.1 Å². The molecule has 1 aliphatic rings. The standard InChI is InChI=1S/C12H15N3O/c1-2-12(5-7-13-8-12)11-15-10-9(16-11)4-3-6-14-10/h3-4,6,13H,2,5,7-8H2,1H3. The third-order valence-electron chi connectivity index (χ3n) is 3.54. The average Bonchev–Trinajstić information content (AvgIpc) is 2.96. The highest BCUT2D eigenvalue weighted by atomic mass is 16.4. The average molecular weight is 217 g/mol. The highest BCUT2D eigenvalue weighted by Gasteiger charge is 2.38. The molecule has 1 fully saturated rings. The monoisotopic (exact) mass is 217 g/mol. The fourth-order valence-corrected chi connectivity index (χ4v) is 2.38. The van der Waals surface area contributed by atoms with Crippen LogP contribution in [0.2, 0.25) is 0 Å². The zero-order valence-electron chi connectivity index (χ0n) is 9.36. The summed E-state index contributed by atoms with van der Waals surface area (Å²) >= 11 is 0. The first kappa shape index (κ1) is 9.78. The Labute approximate surface area is 94.1 Å². The summed E-state index contributed by atoms with van der Waals surface area (Å²) in [4.78, 5) is 8.73. The molecule has 2 aromatic rings. The van der Waals surface area contributed by atoms with E-state index in [9.17, 15) is 0 Å². The number of nitrogens with one attached hydrogen (secondary N) is 1. The first-order chi connectivity index (χ1) is 7.84. The Hall–Kier alpha value is -1.42. The van der Waals surface area contributed by atoms with Crippen LogP contribution >= 0.6 is 0 Å². The normalized spacial score (nSPS) is 25.3. The molecule has 0 radical (unpaired) electrons. The second-order valence-electron chi connectivity index (χ2n) is 4.40. The molecule has 0 saturated carbocycles. The molecule has 1 unspecified atom stereocenters. The second-order valence-corrected chi connectivity index (χ2v) is 4.40. The highest BCUT2D eigenvalue weighted by molar-refractivity contribution is 5.67. The van der Waals surface area contributed by atoms with E-state index in [0.29, 0.717) is 0 Å². The minimum atomic E-state index is 0.0701. The summed E-state index contributed by atoms with van der Waals surface area (Å²) in [6.45, 7) is 4.19. The van der Waals surface area contributed by atoms with E-state index in [4.69, 9.17) is 4.42 Å². The second kappa shape index (κ2) is 3.56. The fraction of sp³-hybridized carbons (Fsp3) is 0.500. The van der Waals surface area contributed by atoms with Gasteiger partial charge in [-0.2, -0.15) is 4.98 Å². The lowest BCUT2D eigenvalue weighted by molar-refractivity contribution is 0.344. The molecule has 1 saturated heterocycles. The topological polar surface area (TPSA) is 51.0 Å². The lowest BCUT2D eigenvalue weighted by Gasteiger charge is -2.21. The van der Waals surface area contributed by atoms with Crippen LogP contribution in [0.3, 0.4) is 0 Å². The summed E-state index contributed by atoms with van der Waals surface area (Å²) in [7, 11) is 0. The molecule has 0 spiro atoms. The molecule has 0 amide bonds. The molecule has 3 heterocycles. The Morgan fingerprint density at radius 2 is 2.50 bits per heavy atom. The Bertz CT molecular complexity index is 467. The predicted octanol–water partition coefficient (Wildman–Crippen LogP) is 1.86. The quantitative estimate of drug-likeness (QED) is 0.834. The summed E-state index contributed by atoms with van der Waals surface area (Å²) < 4.78 is 5.83. The predicted molar refractivity (Wildman–Crippen MR) is 61.3 cm³/mol. The van der Waals surface area contributed by atoms with E-state index in [2.05, 4.69) is 22.2 Å². The van der Waals surface area contributed by atoms with Crippen LogP contribution in [0.4, 0.5) is 0 Å². The largest absolute Gasteiger partial charge is 0.438 e. The van der Waals surface area contributed by atoms with Crippen molar-refractivity contribution in [2.24, 2.45) is 0 Å². The maximum absolute atomic E-state index is 5.83. The fourth-order valence-electron chi connectivity index (χ4n) is 2.38. The van der Waals surface area contributed by atoms with E-state index >= 15 is 0 Å². The third-order valence-corrected chi connectivity index (χ3v) is 3.54. The lowest BCUT2D eigenvalue weighted by Crippen LogP contribution is -2.28.